The molecule has 2 heterocycles. The van der Waals surface area contributed by atoms with Crippen LogP contribution in [-0.2, 0) is 0 Å². The number of hydrogen-bond donors (Lipinski definition) is 2. The molecular weight excluding hydrogens is 238 g/mol. The minimum Gasteiger partial charge on any atom is -0.340 e. The maximum atomic E-state index is 4.71. The highest BCUT2D eigenvalue weighted by Crippen LogP contribution is 2.41. The molecule has 0 radical (unpaired) electrons. The molecule has 5 heteroatoms. The molecule has 0 bridgehead atoms. The molecule has 3 rings (SSSR count). The number of anilines is 1. The van der Waals surface area contributed by atoms with Gasteiger partial charge in [-0.3, -0.25) is 5.10 Å². The fraction of sp³-hybridized carbons (Fsp3) is 0.857. The number of piperidine rings is 1. The van der Waals surface area contributed by atoms with E-state index >= 15 is 0 Å². The fourth-order valence-corrected chi connectivity index (χ4v) is 3.06. The molecule has 19 heavy (non-hydrogen) atoms. The highest BCUT2D eigenvalue weighted by Gasteiger charge is 2.31. The minimum atomic E-state index is 0.545. The molecule has 2 N–H and O–H groups in total. The quantitative estimate of drug-likeness (QED) is 0.850. The first-order chi connectivity index (χ1) is 9.28. The van der Waals surface area contributed by atoms with E-state index in [-0.39, 0.29) is 0 Å². The predicted molar refractivity (Wildman–Crippen MR) is 76.4 cm³/mol. The fourth-order valence-electron chi connectivity index (χ4n) is 3.06. The van der Waals surface area contributed by atoms with Gasteiger partial charge in [-0.2, -0.15) is 4.98 Å². The highest BCUT2D eigenvalue weighted by atomic mass is 15.4. The van der Waals surface area contributed by atoms with E-state index in [4.69, 9.17) is 4.98 Å². The maximum Gasteiger partial charge on any atom is 0.244 e. The van der Waals surface area contributed by atoms with Crippen molar-refractivity contribution in [2.75, 3.05) is 31.6 Å². The van der Waals surface area contributed by atoms with Crippen LogP contribution in [0.4, 0.5) is 5.95 Å². The molecule has 5 nitrogen and oxygen atoms in total. The molecule has 1 aromatic rings. The zero-order chi connectivity index (χ0) is 13.2. The molecule has 1 saturated carbocycles. The lowest BCUT2D eigenvalue weighted by molar-refractivity contribution is 0.391. The summed E-state index contributed by atoms with van der Waals surface area (Å²) in [5.74, 6) is 4.18. The Morgan fingerprint density at radius 2 is 2.05 bits per heavy atom. The Hall–Kier alpha value is -1.10. The minimum absolute atomic E-state index is 0.545. The first-order valence-corrected chi connectivity index (χ1v) is 7.59. The van der Waals surface area contributed by atoms with Crippen molar-refractivity contribution in [2.45, 2.75) is 38.5 Å². The number of nitrogens with zero attached hydrogens (tertiary/aromatic N) is 3. The summed E-state index contributed by atoms with van der Waals surface area (Å²) in [6, 6.07) is 0. The molecular formula is C14H25N5. The van der Waals surface area contributed by atoms with Crippen molar-refractivity contribution in [1.29, 1.82) is 0 Å². The first-order valence-electron chi connectivity index (χ1n) is 7.59. The van der Waals surface area contributed by atoms with Gasteiger partial charge in [-0.05, 0) is 51.1 Å². The Labute approximate surface area is 115 Å². The summed E-state index contributed by atoms with van der Waals surface area (Å²) in [4.78, 5) is 7.03. The molecule has 1 atom stereocenters. The summed E-state index contributed by atoms with van der Waals surface area (Å²) in [6.07, 6.45) is 5.19. The van der Waals surface area contributed by atoms with Gasteiger partial charge >= 0.3 is 0 Å². The second kappa shape index (κ2) is 5.49. The summed E-state index contributed by atoms with van der Waals surface area (Å²) in [5, 5.41) is 10.8. The molecule has 2 fully saturated rings. The third kappa shape index (κ3) is 2.91. The Bertz CT molecular complexity index is 404. The summed E-state index contributed by atoms with van der Waals surface area (Å²) >= 11 is 0. The highest BCUT2D eigenvalue weighted by molar-refractivity contribution is 5.30. The average Bonchev–Trinajstić information content (AvgIpc) is 3.17. The Kier molecular flexibility index (Phi) is 3.73. The van der Waals surface area contributed by atoms with Crippen LogP contribution in [0.1, 0.15) is 44.3 Å². The third-order valence-corrected chi connectivity index (χ3v) is 4.64. The molecule has 1 saturated heterocycles. The molecule has 1 aromatic heterocycles. The third-order valence-electron chi connectivity index (χ3n) is 4.64. The van der Waals surface area contributed by atoms with E-state index in [1.165, 1.54) is 25.7 Å². The van der Waals surface area contributed by atoms with E-state index in [9.17, 15) is 0 Å². The van der Waals surface area contributed by atoms with E-state index in [1.807, 2.05) is 7.05 Å². The van der Waals surface area contributed by atoms with Gasteiger partial charge in [-0.1, -0.05) is 6.92 Å². The van der Waals surface area contributed by atoms with Crippen LogP contribution < -0.4 is 10.2 Å². The molecule has 2 aliphatic rings. The lowest BCUT2D eigenvalue weighted by Gasteiger charge is -2.31. The smallest absolute Gasteiger partial charge is 0.244 e. The summed E-state index contributed by atoms with van der Waals surface area (Å²) in [5.41, 5.74) is 0. The molecule has 0 spiro atoms. The first kappa shape index (κ1) is 12.9. The van der Waals surface area contributed by atoms with Gasteiger partial charge in [0.05, 0.1) is 0 Å². The zero-order valence-corrected chi connectivity index (χ0v) is 12.0. The molecule has 0 amide bonds. The monoisotopic (exact) mass is 263 g/mol. The molecule has 1 aliphatic carbocycles. The van der Waals surface area contributed by atoms with Crippen molar-refractivity contribution in [3.63, 3.8) is 0 Å². The van der Waals surface area contributed by atoms with E-state index in [2.05, 4.69) is 27.3 Å². The van der Waals surface area contributed by atoms with Crippen molar-refractivity contribution in [3.8, 4) is 0 Å². The van der Waals surface area contributed by atoms with Crippen LogP contribution in [0, 0.1) is 11.8 Å². The second-order valence-corrected chi connectivity index (χ2v) is 6.13. The number of aromatic nitrogens is 3. The van der Waals surface area contributed by atoms with E-state index in [0.29, 0.717) is 5.92 Å². The van der Waals surface area contributed by atoms with Gasteiger partial charge in [-0.25, -0.2) is 0 Å². The number of rotatable bonds is 5. The average molecular weight is 263 g/mol. The van der Waals surface area contributed by atoms with Crippen LogP contribution in [0.3, 0.4) is 0 Å². The van der Waals surface area contributed by atoms with Crippen molar-refractivity contribution in [1.82, 2.24) is 20.5 Å². The van der Waals surface area contributed by atoms with Crippen molar-refractivity contribution in [3.05, 3.63) is 5.82 Å². The molecule has 1 aliphatic heterocycles. The van der Waals surface area contributed by atoms with Gasteiger partial charge in [0.25, 0.3) is 0 Å². The number of H-pyrrole nitrogens is 1. The van der Waals surface area contributed by atoms with Gasteiger partial charge < -0.3 is 10.2 Å². The van der Waals surface area contributed by atoms with E-state index < -0.39 is 0 Å². The van der Waals surface area contributed by atoms with Gasteiger partial charge in [0.1, 0.15) is 5.82 Å². The van der Waals surface area contributed by atoms with Crippen LogP contribution >= 0.6 is 0 Å². The van der Waals surface area contributed by atoms with Gasteiger partial charge in [0, 0.05) is 19.0 Å². The van der Waals surface area contributed by atoms with Gasteiger partial charge in [-0.15, -0.1) is 5.10 Å². The Morgan fingerprint density at radius 3 is 2.68 bits per heavy atom. The van der Waals surface area contributed by atoms with Gasteiger partial charge in [0.2, 0.25) is 5.95 Å². The standard InChI is InChI=1S/C14H25N5/c1-10(12-3-4-12)13-16-14(18-17-13)19-7-5-11(6-8-19)9-15-2/h10-12,15H,3-9H2,1-2H3,(H,16,17,18). The van der Waals surface area contributed by atoms with Gasteiger partial charge in [0.15, 0.2) is 0 Å². The Morgan fingerprint density at radius 1 is 1.32 bits per heavy atom. The van der Waals surface area contributed by atoms with Crippen LogP contribution in [0.15, 0.2) is 0 Å². The van der Waals surface area contributed by atoms with Crippen LogP contribution in [-0.4, -0.2) is 41.9 Å². The van der Waals surface area contributed by atoms with Crippen LogP contribution in [0.5, 0.6) is 0 Å². The SMILES string of the molecule is CNCC1CCN(c2n[nH]c(C(C)C3CC3)n2)CC1. The van der Waals surface area contributed by atoms with Crippen LogP contribution in [0.25, 0.3) is 0 Å². The van der Waals surface area contributed by atoms with Crippen molar-refractivity contribution >= 4 is 5.95 Å². The molecule has 106 valence electrons. The van der Waals surface area contributed by atoms with E-state index in [0.717, 1.165) is 43.2 Å². The summed E-state index contributed by atoms with van der Waals surface area (Å²) in [6.45, 7) is 5.57. The second-order valence-electron chi connectivity index (χ2n) is 6.13. The number of aromatic amines is 1. The summed E-state index contributed by atoms with van der Waals surface area (Å²) in [7, 11) is 2.03. The molecule has 1 unspecified atom stereocenters. The van der Waals surface area contributed by atoms with E-state index in [1.54, 1.807) is 0 Å². The summed E-state index contributed by atoms with van der Waals surface area (Å²) < 4.78 is 0. The van der Waals surface area contributed by atoms with Crippen LogP contribution in [0.2, 0.25) is 0 Å². The number of nitrogens with one attached hydrogen (secondary N) is 2. The topological polar surface area (TPSA) is 56.8 Å². The normalized spacial score (nSPS) is 22.7. The predicted octanol–water partition coefficient (Wildman–Crippen LogP) is 1.75. The van der Waals surface area contributed by atoms with Crippen molar-refractivity contribution < 1.29 is 0 Å². The lowest BCUT2D eigenvalue weighted by atomic mass is 9.97. The van der Waals surface area contributed by atoms with Crippen molar-refractivity contribution in [2.24, 2.45) is 11.8 Å². The molecule has 0 aromatic carbocycles. The lowest BCUT2D eigenvalue weighted by Crippen LogP contribution is -2.37. The largest absolute Gasteiger partial charge is 0.340 e. The maximum absolute atomic E-state index is 4.71. The number of hydrogen-bond acceptors (Lipinski definition) is 4. The Balaban J connectivity index is 1.57. The zero-order valence-electron chi connectivity index (χ0n) is 12.0.